The monoisotopic (exact) mass is 405 g/mol. The number of halogens is 2. The van der Waals surface area contributed by atoms with Crippen LogP contribution in [0.1, 0.15) is 19.8 Å². The molecule has 1 N–H and O–H groups in total. The molecule has 2 saturated heterocycles. The largest absolute Gasteiger partial charge is 0.337 e. The molecule has 2 fully saturated rings. The van der Waals surface area contributed by atoms with Gasteiger partial charge in [-0.15, -0.1) is 12.4 Å². The van der Waals surface area contributed by atoms with Gasteiger partial charge in [0.1, 0.15) is 5.82 Å². The average Bonchev–Trinajstić information content (AvgIpc) is 2.62. The van der Waals surface area contributed by atoms with Gasteiger partial charge in [-0.1, -0.05) is 0 Å². The Morgan fingerprint density at radius 1 is 1.23 bits per heavy atom. The van der Waals surface area contributed by atoms with Crippen LogP contribution in [0.5, 0.6) is 0 Å². The molecule has 26 heavy (non-hydrogen) atoms. The maximum absolute atomic E-state index is 13.1. The molecule has 0 aliphatic carbocycles. The van der Waals surface area contributed by atoms with Crippen LogP contribution in [-0.4, -0.2) is 62.3 Å². The van der Waals surface area contributed by atoms with Crippen LogP contribution in [0, 0.1) is 11.7 Å². The zero-order valence-electron chi connectivity index (χ0n) is 14.7. The van der Waals surface area contributed by atoms with Crippen LogP contribution in [0.2, 0.25) is 0 Å². The molecule has 2 aliphatic heterocycles. The van der Waals surface area contributed by atoms with Crippen LogP contribution in [0.15, 0.2) is 29.2 Å². The molecule has 0 bridgehead atoms. The Bertz CT molecular complexity index is 729. The van der Waals surface area contributed by atoms with E-state index in [0.717, 1.165) is 25.2 Å². The summed E-state index contributed by atoms with van der Waals surface area (Å²) in [6.45, 7) is 4.76. The Morgan fingerprint density at radius 3 is 2.58 bits per heavy atom. The Kier molecular flexibility index (Phi) is 7.01. The lowest BCUT2D eigenvalue weighted by Crippen LogP contribution is -2.55. The number of benzene rings is 1. The number of amides is 1. The van der Waals surface area contributed by atoms with Crippen molar-refractivity contribution in [2.75, 3.05) is 32.7 Å². The van der Waals surface area contributed by atoms with Crippen LogP contribution in [0.25, 0.3) is 0 Å². The molecule has 9 heteroatoms. The minimum Gasteiger partial charge on any atom is -0.337 e. The molecule has 2 aliphatic rings. The zero-order chi connectivity index (χ0) is 18.0. The summed E-state index contributed by atoms with van der Waals surface area (Å²) < 4.78 is 40.0. The molecule has 2 atom stereocenters. The molecule has 0 aromatic heterocycles. The molecular formula is C17H25ClFN3O3S. The van der Waals surface area contributed by atoms with Crippen molar-refractivity contribution >= 4 is 28.3 Å². The number of nitrogens with zero attached hydrogens (tertiary/aromatic N) is 2. The van der Waals surface area contributed by atoms with E-state index in [1.54, 1.807) is 0 Å². The lowest BCUT2D eigenvalue weighted by molar-refractivity contribution is -0.139. The molecule has 1 unspecified atom stereocenters. The van der Waals surface area contributed by atoms with E-state index in [4.69, 9.17) is 0 Å². The number of carbonyl (C=O) groups excluding carboxylic acids is 1. The number of sulfonamides is 1. The Labute approximate surface area is 160 Å². The van der Waals surface area contributed by atoms with Crippen LogP contribution < -0.4 is 5.32 Å². The predicted octanol–water partition coefficient (Wildman–Crippen LogP) is 1.47. The number of rotatable bonds is 3. The van der Waals surface area contributed by atoms with E-state index < -0.39 is 15.8 Å². The Balaban J connectivity index is 0.00000243. The molecule has 2 heterocycles. The van der Waals surface area contributed by atoms with Gasteiger partial charge in [-0.05, 0) is 44.0 Å². The topological polar surface area (TPSA) is 69.7 Å². The summed E-state index contributed by atoms with van der Waals surface area (Å²) in [4.78, 5) is 14.8. The summed E-state index contributed by atoms with van der Waals surface area (Å²) in [5, 5.41) is 3.25. The minimum atomic E-state index is -3.71. The summed E-state index contributed by atoms with van der Waals surface area (Å²) in [5.41, 5.74) is 0. The fraction of sp³-hybridized carbons (Fsp3) is 0.588. The lowest BCUT2D eigenvalue weighted by atomic mass is 9.97. The van der Waals surface area contributed by atoms with Crippen molar-refractivity contribution in [3.63, 3.8) is 0 Å². The maximum atomic E-state index is 13.1. The van der Waals surface area contributed by atoms with Gasteiger partial charge in [0.2, 0.25) is 15.9 Å². The maximum Gasteiger partial charge on any atom is 0.243 e. The second kappa shape index (κ2) is 8.65. The summed E-state index contributed by atoms with van der Waals surface area (Å²) in [6, 6.07) is 4.94. The van der Waals surface area contributed by atoms with E-state index in [1.165, 1.54) is 16.4 Å². The van der Waals surface area contributed by atoms with Crippen molar-refractivity contribution in [3.05, 3.63) is 30.1 Å². The van der Waals surface area contributed by atoms with Crippen LogP contribution in [0.3, 0.4) is 0 Å². The lowest BCUT2D eigenvalue weighted by Gasteiger charge is -2.39. The average molecular weight is 406 g/mol. The Hall–Kier alpha value is -1.22. The first-order valence-electron chi connectivity index (χ1n) is 8.66. The second-order valence-corrected chi connectivity index (χ2v) is 8.68. The highest BCUT2D eigenvalue weighted by Crippen LogP contribution is 2.26. The van der Waals surface area contributed by atoms with Gasteiger partial charge in [0.25, 0.3) is 0 Å². The van der Waals surface area contributed by atoms with Crippen molar-refractivity contribution in [2.24, 2.45) is 5.92 Å². The Morgan fingerprint density at radius 2 is 1.92 bits per heavy atom. The normalized spacial score (nSPS) is 24.8. The van der Waals surface area contributed by atoms with Crippen molar-refractivity contribution in [1.29, 1.82) is 0 Å². The highest BCUT2D eigenvalue weighted by molar-refractivity contribution is 7.89. The molecule has 6 nitrogen and oxygen atoms in total. The van der Waals surface area contributed by atoms with Gasteiger partial charge in [0.05, 0.1) is 10.8 Å². The quantitative estimate of drug-likeness (QED) is 0.826. The highest BCUT2D eigenvalue weighted by atomic mass is 35.5. The SMILES string of the molecule is C[C@@H]1CNCCN1C(=O)C1CCCN(S(=O)(=O)c2ccc(F)cc2)C1.Cl. The second-order valence-electron chi connectivity index (χ2n) is 6.74. The predicted molar refractivity (Wildman–Crippen MR) is 99.2 cm³/mol. The van der Waals surface area contributed by atoms with Gasteiger partial charge in [-0.3, -0.25) is 4.79 Å². The summed E-state index contributed by atoms with van der Waals surface area (Å²) >= 11 is 0. The minimum absolute atomic E-state index is 0. The van der Waals surface area contributed by atoms with E-state index in [9.17, 15) is 17.6 Å². The molecule has 1 amide bonds. The van der Waals surface area contributed by atoms with Gasteiger partial charge in [0, 0.05) is 38.8 Å². The number of carbonyl (C=O) groups is 1. The van der Waals surface area contributed by atoms with Crippen molar-refractivity contribution in [1.82, 2.24) is 14.5 Å². The van der Waals surface area contributed by atoms with Crippen molar-refractivity contribution in [3.8, 4) is 0 Å². The van der Waals surface area contributed by atoms with E-state index in [1.807, 2.05) is 11.8 Å². The van der Waals surface area contributed by atoms with Crippen molar-refractivity contribution in [2.45, 2.75) is 30.7 Å². The molecule has 0 radical (unpaired) electrons. The molecule has 0 spiro atoms. The molecule has 3 rings (SSSR count). The van der Waals surface area contributed by atoms with Gasteiger partial charge in [-0.25, -0.2) is 12.8 Å². The van der Waals surface area contributed by atoms with E-state index in [2.05, 4.69) is 5.32 Å². The summed E-state index contributed by atoms with van der Waals surface area (Å²) in [5.74, 6) is -0.754. The van der Waals surface area contributed by atoms with Gasteiger partial charge in [-0.2, -0.15) is 4.31 Å². The molecular weight excluding hydrogens is 381 g/mol. The number of hydrogen-bond acceptors (Lipinski definition) is 4. The standard InChI is InChI=1S/C17H24FN3O3S.ClH/c1-13-11-19-8-10-21(13)17(22)14-3-2-9-20(12-14)25(23,24)16-6-4-15(18)5-7-16;/h4-7,13-14,19H,2-3,8-12H2,1H3;1H/t13-,14?;/m1./s1. The molecule has 146 valence electrons. The third-order valence-corrected chi connectivity index (χ3v) is 6.85. The first-order chi connectivity index (χ1) is 11.9. The number of hydrogen-bond donors (Lipinski definition) is 1. The van der Waals surface area contributed by atoms with E-state index in [-0.39, 0.29) is 41.7 Å². The third-order valence-electron chi connectivity index (χ3n) is 4.97. The fourth-order valence-corrected chi connectivity index (χ4v) is 5.04. The van der Waals surface area contributed by atoms with Gasteiger partial charge >= 0.3 is 0 Å². The smallest absolute Gasteiger partial charge is 0.243 e. The number of piperazine rings is 1. The summed E-state index contributed by atoms with van der Waals surface area (Å²) in [7, 11) is -3.71. The van der Waals surface area contributed by atoms with Crippen LogP contribution in [-0.2, 0) is 14.8 Å². The van der Waals surface area contributed by atoms with E-state index >= 15 is 0 Å². The third kappa shape index (κ3) is 4.36. The van der Waals surface area contributed by atoms with Gasteiger partial charge in [0.15, 0.2) is 0 Å². The van der Waals surface area contributed by atoms with Crippen LogP contribution >= 0.6 is 12.4 Å². The number of piperidine rings is 1. The molecule has 0 saturated carbocycles. The van der Waals surface area contributed by atoms with Crippen molar-refractivity contribution < 1.29 is 17.6 Å². The van der Waals surface area contributed by atoms with Crippen LogP contribution in [0.4, 0.5) is 4.39 Å². The van der Waals surface area contributed by atoms with E-state index in [0.29, 0.717) is 25.9 Å². The fourth-order valence-electron chi connectivity index (χ4n) is 3.52. The van der Waals surface area contributed by atoms with Gasteiger partial charge < -0.3 is 10.2 Å². The zero-order valence-corrected chi connectivity index (χ0v) is 16.4. The molecule has 1 aromatic rings. The first kappa shape index (κ1) is 21.1. The molecule has 1 aromatic carbocycles. The number of nitrogens with one attached hydrogen (secondary N) is 1. The summed E-state index contributed by atoms with van der Waals surface area (Å²) in [6.07, 6.45) is 1.35. The first-order valence-corrected chi connectivity index (χ1v) is 10.1. The highest BCUT2D eigenvalue weighted by Gasteiger charge is 2.36.